The van der Waals surface area contributed by atoms with Gasteiger partial charge in [-0.2, -0.15) is 0 Å². The second-order valence-electron chi connectivity index (χ2n) is 12.0. The van der Waals surface area contributed by atoms with Gasteiger partial charge < -0.3 is 58.3 Å². The predicted molar refractivity (Wildman–Crippen MR) is 200 cm³/mol. The topological polar surface area (TPSA) is 274 Å². The standard InChI is InChI=1S/C36H37N11O6/c37-17-31(48)39-7-9-41-34(51)28-12-19-1-4-23(15-26(19)46-28)43-33(50)21-3-6-25-22(11-21)14-30(45-25)36(53)44-24-5-2-20-13-29(47-27(20)16-24)35(52)42-10-8-40-32(49)18-38/h1-6,11-16,45-47H,7-10,17-18,37-38H2,(H,39,48)(H,40,49)(H,41,51)(H,42,52)(H,43,50)(H,44,53). The molecule has 0 aliphatic heterocycles. The normalized spacial score (nSPS) is 11.0. The van der Waals surface area contributed by atoms with Crippen molar-refractivity contribution < 1.29 is 28.8 Å². The number of benzene rings is 3. The Morgan fingerprint density at radius 1 is 0.453 bits per heavy atom. The van der Waals surface area contributed by atoms with Gasteiger partial charge in [0.15, 0.2) is 0 Å². The van der Waals surface area contributed by atoms with Crippen molar-refractivity contribution in [3.8, 4) is 0 Å². The van der Waals surface area contributed by atoms with Gasteiger partial charge in [-0.05, 0) is 60.7 Å². The van der Waals surface area contributed by atoms with Gasteiger partial charge in [-0.3, -0.25) is 28.8 Å². The molecule has 3 heterocycles. The van der Waals surface area contributed by atoms with Gasteiger partial charge in [0.1, 0.15) is 17.1 Å². The van der Waals surface area contributed by atoms with Crippen LogP contribution in [0.25, 0.3) is 32.7 Å². The summed E-state index contributed by atoms with van der Waals surface area (Å²) in [5.74, 6) is -2.08. The van der Waals surface area contributed by atoms with Crippen LogP contribution < -0.4 is 43.4 Å². The summed E-state index contributed by atoms with van der Waals surface area (Å²) in [5.41, 5.74) is 14.8. The van der Waals surface area contributed by atoms with E-state index in [1.54, 1.807) is 72.8 Å². The van der Waals surface area contributed by atoms with Crippen LogP contribution in [-0.2, 0) is 9.59 Å². The molecular formula is C36H37N11O6. The lowest BCUT2D eigenvalue weighted by atomic mass is 10.1. The zero-order valence-corrected chi connectivity index (χ0v) is 28.3. The summed E-state index contributed by atoms with van der Waals surface area (Å²) in [6, 6.07) is 20.5. The number of aromatic amines is 3. The first kappa shape index (κ1) is 35.8. The van der Waals surface area contributed by atoms with Crippen LogP contribution in [0.2, 0.25) is 0 Å². The molecule has 6 amide bonds. The Morgan fingerprint density at radius 2 is 0.906 bits per heavy atom. The molecule has 0 aliphatic carbocycles. The molecule has 0 saturated carbocycles. The molecule has 3 aromatic carbocycles. The number of H-pyrrole nitrogens is 3. The molecule has 6 rings (SSSR count). The first-order valence-corrected chi connectivity index (χ1v) is 16.6. The summed E-state index contributed by atoms with van der Waals surface area (Å²) in [6.45, 7) is 0.710. The van der Waals surface area contributed by atoms with Gasteiger partial charge in [0.05, 0.1) is 13.1 Å². The molecule has 0 radical (unpaired) electrons. The monoisotopic (exact) mass is 719 g/mol. The van der Waals surface area contributed by atoms with Crippen LogP contribution in [0.3, 0.4) is 0 Å². The zero-order valence-electron chi connectivity index (χ0n) is 28.3. The number of hydrogen-bond donors (Lipinski definition) is 11. The lowest BCUT2D eigenvalue weighted by Crippen LogP contribution is -2.37. The summed E-state index contributed by atoms with van der Waals surface area (Å²) in [6.07, 6.45) is 0. The fraction of sp³-hybridized carbons (Fsp3) is 0.167. The van der Waals surface area contributed by atoms with E-state index in [9.17, 15) is 28.8 Å². The van der Waals surface area contributed by atoms with Crippen LogP contribution >= 0.6 is 0 Å². The first-order valence-electron chi connectivity index (χ1n) is 16.6. The highest BCUT2D eigenvalue weighted by atomic mass is 16.2. The quantitative estimate of drug-likeness (QED) is 0.0727. The number of carbonyl (C=O) groups is 6. The molecule has 53 heavy (non-hydrogen) atoms. The molecule has 6 aromatic rings. The molecule has 17 nitrogen and oxygen atoms in total. The maximum absolute atomic E-state index is 13.2. The maximum Gasteiger partial charge on any atom is 0.272 e. The molecule has 0 fully saturated rings. The van der Waals surface area contributed by atoms with Gasteiger partial charge in [-0.25, -0.2) is 0 Å². The molecule has 0 bridgehead atoms. The number of anilines is 2. The lowest BCUT2D eigenvalue weighted by molar-refractivity contribution is -0.120. The SMILES string of the molecule is NCC(=O)NCCNC(=O)c1cc2ccc(NC(=O)c3ccc4[nH]c(C(=O)Nc5ccc6cc(C(=O)NCCNC(=O)CN)[nH]c6c5)cc4c3)cc2[nH]1. The van der Waals surface area contributed by atoms with Crippen LogP contribution in [0.1, 0.15) is 41.8 Å². The summed E-state index contributed by atoms with van der Waals surface area (Å²) < 4.78 is 0. The fourth-order valence-electron chi connectivity index (χ4n) is 5.54. The van der Waals surface area contributed by atoms with Crippen LogP contribution in [0.5, 0.6) is 0 Å². The molecule has 0 aliphatic rings. The third kappa shape index (κ3) is 8.67. The molecule has 0 atom stereocenters. The minimum absolute atomic E-state index is 0.125. The number of nitrogens with one attached hydrogen (secondary N) is 9. The molecule has 13 N–H and O–H groups in total. The highest BCUT2D eigenvalue weighted by Gasteiger charge is 2.16. The van der Waals surface area contributed by atoms with Gasteiger partial charge in [0.2, 0.25) is 11.8 Å². The molecule has 0 unspecified atom stereocenters. The Balaban J connectivity index is 1.05. The van der Waals surface area contributed by atoms with Gasteiger partial charge in [0.25, 0.3) is 23.6 Å². The average molecular weight is 720 g/mol. The second-order valence-corrected chi connectivity index (χ2v) is 12.0. The Morgan fingerprint density at radius 3 is 1.43 bits per heavy atom. The van der Waals surface area contributed by atoms with E-state index in [0.29, 0.717) is 50.3 Å². The lowest BCUT2D eigenvalue weighted by Gasteiger charge is -2.06. The zero-order chi connectivity index (χ0) is 37.5. The van der Waals surface area contributed by atoms with Crippen LogP contribution in [0.4, 0.5) is 11.4 Å². The third-order valence-electron chi connectivity index (χ3n) is 8.21. The maximum atomic E-state index is 13.2. The molecule has 0 spiro atoms. The van der Waals surface area contributed by atoms with E-state index in [2.05, 4.69) is 46.9 Å². The summed E-state index contributed by atoms with van der Waals surface area (Å²) >= 11 is 0. The average Bonchev–Trinajstić information content (AvgIpc) is 3.91. The first-order chi connectivity index (χ1) is 25.6. The number of carbonyl (C=O) groups excluding carboxylic acids is 6. The van der Waals surface area contributed by atoms with Crippen LogP contribution in [0.15, 0.2) is 72.8 Å². The predicted octanol–water partition coefficient (Wildman–Crippen LogP) is 1.24. The van der Waals surface area contributed by atoms with Gasteiger partial charge in [0, 0.05) is 75.8 Å². The number of nitrogens with two attached hydrogens (primary N) is 2. The molecule has 17 heteroatoms. The van der Waals surface area contributed by atoms with Crippen molar-refractivity contribution in [2.75, 3.05) is 49.9 Å². The third-order valence-corrected chi connectivity index (χ3v) is 8.21. The highest BCUT2D eigenvalue weighted by Crippen LogP contribution is 2.24. The molecule has 272 valence electrons. The largest absolute Gasteiger partial charge is 0.353 e. The van der Waals surface area contributed by atoms with E-state index >= 15 is 0 Å². The summed E-state index contributed by atoms with van der Waals surface area (Å²) in [4.78, 5) is 83.1. The fourth-order valence-corrected chi connectivity index (χ4v) is 5.54. The van der Waals surface area contributed by atoms with E-state index < -0.39 is 5.91 Å². The Labute approximate surface area is 301 Å². The Bertz CT molecular complexity index is 2250. The smallest absolute Gasteiger partial charge is 0.272 e. The van der Waals surface area contributed by atoms with Gasteiger partial charge in [-0.1, -0.05) is 12.1 Å². The van der Waals surface area contributed by atoms with Crippen molar-refractivity contribution in [3.63, 3.8) is 0 Å². The minimum Gasteiger partial charge on any atom is -0.353 e. The number of fused-ring (bicyclic) bond motifs is 3. The molecular weight excluding hydrogens is 682 g/mol. The van der Waals surface area contributed by atoms with Crippen molar-refractivity contribution in [1.82, 2.24) is 36.2 Å². The Kier molecular flexibility index (Phi) is 10.8. The van der Waals surface area contributed by atoms with Crippen molar-refractivity contribution in [2.24, 2.45) is 11.5 Å². The Hall–Kier alpha value is -6.98. The number of amides is 6. The number of rotatable bonds is 14. The number of hydrogen-bond acceptors (Lipinski definition) is 8. The minimum atomic E-state index is -0.402. The van der Waals surface area contributed by atoms with Crippen molar-refractivity contribution in [2.45, 2.75) is 0 Å². The van der Waals surface area contributed by atoms with E-state index in [4.69, 9.17) is 11.5 Å². The van der Waals surface area contributed by atoms with E-state index in [0.717, 1.165) is 10.8 Å². The van der Waals surface area contributed by atoms with Crippen molar-refractivity contribution in [1.29, 1.82) is 0 Å². The molecule has 3 aromatic heterocycles. The van der Waals surface area contributed by atoms with E-state index in [-0.39, 0.29) is 74.5 Å². The molecule has 0 saturated heterocycles. The van der Waals surface area contributed by atoms with Crippen LogP contribution in [0, 0.1) is 0 Å². The summed E-state index contributed by atoms with van der Waals surface area (Å²) in [5, 5.41) is 18.5. The van der Waals surface area contributed by atoms with Gasteiger partial charge >= 0.3 is 0 Å². The van der Waals surface area contributed by atoms with Crippen LogP contribution in [-0.4, -0.2) is 89.7 Å². The highest BCUT2D eigenvalue weighted by molar-refractivity contribution is 6.10. The van der Waals surface area contributed by atoms with Crippen molar-refractivity contribution >= 4 is 79.5 Å². The van der Waals surface area contributed by atoms with Gasteiger partial charge in [-0.15, -0.1) is 0 Å². The van der Waals surface area contributed by atoms with E-state index in [1.807, 2.05) is 0 Å². The van der Waals surface area contributed by atoms with Crippen molar-refractivity contribution in [3.05, 3.63) is 95.4 Å². The summed E-state index contributed by atoms with van der Waals surface area (Å²) in [7, 11) is 0. The number of aromatic nitrogens is 3. The second kappa shape index (κ2) is 15.9. The van der Waals surface area contributed by atoms with E-state index in [1.165, 1.54) is 0 Å².